The fourth-order valence-electron chi connectivity index (χ4n) is 2.22. The second-order valence-electron chi connectivity index (χ2n) is 6.02. The van der Waals surface area contributed by atoms with Crippen molar-refractivity contribution in [2.75, 3.05) is 0 Å². The first-order valence-corrected chi connectivity index (χ1v) is 10.4. The molecule has 0 heterocycles. The molecule has 140 valence electrons. The molecule has 0 saturated heterocycles. The average Bonchev–Trinajstić information content (AvgIpc) is 2.49. The Morgan fingerprint density at radius 3 is 1.80 bits per heavy atom. The van der Waals surface area contributed by atoms with Gasteiger partial charge in [-0.2, -0.15) is 0 Å². The predicted octanol–water partition coefficient (Wildman–Crippen LogP) is -2.17. The molecule has 0 bridgehead atoms. The maximum atomic E-state index is 10.5. The van der Waals surface area contributed by atoms with Gasteiger partial charge in [0.25, 0.3) is 0 Å². The third-order valence-electron chi connectivity index (χ3n) is 3.74. The van der Waals surface area contributed by atoms with E-state index in [1.165, 1.54) is 38.5 Å². The summed E-state index contributed by atoms with van der Waals surface area (Å²) in [4.78, 5) is 25.6. The van der Waals surface area contributed by atoms with Gasteiger partial charge in [-0.05, 0) is 19.8 Å². The summed E-state index contributed by atoms with van der Waals surface area (Å²) in [5, 5.41) is 0. The van der Waals surface area contributed by atoms with Crippen molar-refractivity contribution in [3.05, 3.63) is 0 Å². The van der Waals surface area contributed by atoms with Crippen molar-refractivity contribution in [3.63, 3.8) is 0 Å². The molecular weight excluding hydrogens is 365 g/mol. The molecule has 6 nitrogen and oxygen atoms in total. The van der Waals surface area contributed by atoms with Gasteiger partial charge in [-0.3, -0.25) is 0 Å². The summed E-state index contributed by atoms with van der Waals surface area (Å²) < 4.78 is 19.9. The van der Waals surface area contributed by atoms with Crippen molar-refractivity contribution in [3.8, 4) is 0 Å². The van der Waals surface area contributed by atoms with Gasteiger partial charge in [0.15, 0.2) is 6.29 Å². The molecule has 0 N–H and O–H groups in total. The van der Waals surface area contributed by atoms with E-state index in [1.54, 1.807) is 0 Å². The van der Waals surface area contributed by atoms with E-state index in [-0.39, 0.29) is 65.2 Å². The van der Waals surface area contributed by atoms with Crippen LogP contribution in [0.4, 0.5) is 0 Å². The molecule has 0 aliphatic rings. The topological polar surface area (TPSA) is 90.9 Å². The van der Waals surface area contributed by atoms with Crippen LogP contribution in [0.3, 0.4) is 0 Å². The van der Waals surface area contributed by atoms with Gasteiger partial charge in [-0.25, -0.2) is 9.56 Å². The van der Waals surface area contributed by atoms with Crippen LogP contribution in [0, 0.1) is 0 Å². The number of hydrogen-bond acceptors (Lipinski definition) is 6. The molecule has 0 radical (unpaired) electrons. The smallest absolute Gasteiger partial charge is 0.788 e. The molecule has 9 heteroatoms. The van der Waals surface area contributed by atoms with Crippen molar-refractivity contribution >= 4 is 7.82 Å². The standard InChI is InChI=1S/C16H35O6P.2Na/c1-4-6-7-8-9-10-11-12-13-14-16(20-15(3)5-2)21-22-23(17,18)19;;/h15-16H,4-14H2,1-3H3,(H2,17,18,19);;/q;2*+1/p-2. The Morgan fingerprint density at radius 2 is 1.36 bits per heavy atom. The zero-order chi connectivity index (χ0) is 17.6. The van der Waals surface area contributed by atoms with Crippen molar-refractivity contribution < 1.29 is 87.8 Å². The Bertz CT molecular complexity index is 317. The SMILES string of the molecule is CCCCCCCCCCCC(OOP(=O)([O-])[O-])OC(C)CC.[Na+].[Na+]. The number of unbranched alkanes of at least 4 members (excludes halogenated alkanes) is 8. The van der Waals surface area contributed by atoms with Crippen LogP contribution in [0.1, 0.15) is 91.4 Å². The zero-order valence-electron chi connectivity index (χ0n) is 16.8. The van der Waals surface area contributed by atoms with Crippen LogP contribution in [-0.4, -0.2) is 12.4 Å². The van der Waals surface area contributed by atoms with Gasteiger partial charge < -0.3 is 19.1 Å². The minimum Gasteiger partial charge on any atom is -0.788 e. The Balaban J connectivity index is -0.00000242. The van der Waals surface area contributed by atoms with Crippen LogP contribution in [0.15, 0.2) is 0 Å². The monoisotopic (exact) mass is 398 g/mol. The molecule has 0 rings (SSSR count). The number of hydrogen-bond donors (Lipinski definition) is 0. The Kier molecular flexibility index (Phi) is 26.3. The third kappa shape index (κ3) is 24.0. The molecule has 0 aliphatic heterocycles. The van der Waals surface area contributed by atoms with Crippen LogP contribution < -0.4 is 68.9 Å². The fourth-order valence-corrected chi connectivity index (χ4v) is 2.42. The maximum Gasteiger partial charge on any atom is 1.00 e. The molecule has 25 heavy (non-hydrogen) atoms. The molecule has 0 aromatic heterocycles. The summed E-state index contributed by atoms with van der Waals surface area (Å²) in [5.41, 5.74) is 0. The zero-order valence-corrected chi connectivity index (χ0v) is 21.7. The van der Waals surface area contributed by atoms with E-state index in [0.717, 1.165) is 25.7 Å². The predicted molar refractivity (Wildman–Crippen MR) is 86.2 cm³/mol. The molecule has 0 spiro atoms. The molecule has 0 amide bonds. The Morgan fingerprint density at radius 1 is 0.880 bits per heavy atom. The summed E-state index contributed by atoms with van der Waals surface area (Å²) in [5.74, 6) is 0. The van der Waals surface area contributed by atoms with Gasteiger partial charge in [0.05, 0.1) is 6.10 Å². The molecule has 0 aliphatic carbocycles. The van der Waals surface area contributed by atoms with E-state index in [0.29, 0.717) is 6.42 Å². The molecule has 0 aromatic carbocycles. The first-order chi connectivity index (χ1) is 10.9. The first kappa shape index (κ1) is 31.7. The molecule has 2 unspecified atom stereocenters. The van der Waals surface area contributed by atoms with E-state index >= 15 is 0 Å². The van der Waals surface area contributed by atoms with Crippen molar-refractivity contribution in [1.29, 1.82) is 0 Å². The van der Waals surface area contributed by atoms with Crippen LogP contribution in [0.2, 0.25) is 0 Å². The van der Waals surface area contributed by atoms with E-state index in [2.05, 4.69) is 16.5 Å². The van der Waals surface area contributed by atoms with E-state index in [1.807, 2.05) is 13.8 Å². The maximum absolute atomic E-state index is 10.5. The molecule has 2 atom stereocenters. The van der Waals surface area contributed by atoms with Crippen LogP contribution in [0.5, 0.6) is 0 Å². The quantitative estimate of drug-likeness (QED) is 0.0734. The summed E-state index contributed by atoms with van der Waals surface area (Å²) in [6.07, 6.45) is 11.1. The number of phosphoric acid groups is 1. The molecule has 0 saturated carbocycles. The van der Waals surface area contributed by atoms with Gasteiger partial charge in [0.2, 0.25) is 0 Å². The third-order valence-corrected chi connectivity index (χ3v) is 4.01. The first-order valence-electron chi connectivity index (χ1n) is 8.91. The summed E-state index contributed by atoms with van der Waals surface area (Å²) in [6, 6.07) is 0. The largest absolute Gasteiger partial charge is 1.00 e. The second-order valence-corrected chi connectivity index (χ2v) is 7.06. The van der Waals surface area contributed by atoms with Gasteiger partial charge in [-0.1, -0.05) is 65.2 Å². The normalized spacial score (nSPS) is 13.6. The number of rotatable bonds is 16. The van der Waals surface area contributed by atoms with Crippen molar-refractivity contribution in [2.24, 2.45) is 0 Å². The number of ether oxygens (including phenoxy) is 1. The Labute approximate surface area is 197 Å². The van der Waals surface area contributed by atoms with E-state index in [4.69, 9.17) is 4.74 Å². The van der Waals surface area contributed by atoms with E-state index in [9.17, 15) is 14.4 Å². The summed E-state index contributed by atoms with van der Waals surface area (Å²) in [6.45, 7) is 6.02. The van der Waals surface area contributed by atoms with Crippen molar-refractivity contribution in [1.82, 2.24) is 0 Å². The summed E-state index contributed by atoms with van der Waals surface area (Å²) >= 11 is 0. The average molecular weight is 398 g/mol. The van der Waals surface area contributed by atoms with Crippen molar-refractivity contribution in [2.45, 2.75) is 104 Å². The minimum atomic E-state index is -5.14. The van der Waals surface area contributed by atoms with Gasteiger partial charge in [-0.15, -0.1) is 0 Å². The van der Waals surface area contributed by atoms with Crippen LogP contribution in [0.25, 0.3) is 0 Å². The van der Waals surface area contributed by atoms with Gasteiger partial charge >= 0.3 is 59.1 Å². The molecular formula is C16H33Na2O6P. The summed E-state index contributed by atoms with van der Waals surface area (Å²) in [7, 11) is -5.14. The van der Waals surface area contributed by atoms with Crippen LogP contribution in [-0.2, 0) is 18.9 Å². The molecule has 0 aromatic rings. The Hall–Kier alpha value is 2.03. The van der Waals surface area contributed by atoms with Gasteiger partial charge in [0.1, 0.15) is 7.82 Å². The van der Waals surface area contributed by atoms with Crippen LogP contribution >= 0.6 is 7.82 Å². The minimum absolute atomic E-state index is 0. The van der Waals surface area contributed by atoms with Gasteiger partial charge in [0, 0.05) is 6.42 Å². The van der Waals surface area contributed by atoms with E-state index < -0.39 is 14.1 Å². The fraction of sp³-hybridized carbons (Fsp3) is 1.00. The molecule has 0 fully saturated rings. The second kappa shape index (κ2) is 20.8.